The molecule has 112 valence electrons. The van der Waals surface area contributed by atoms with Gasteiger partial charge in [-0.2, -0.15) is 0 Å². The molecule has 0 saturated carbocycles. The Kier molecular flexibility index (Phi) is 5.39. The van der Waals surface area contributed by atoms with E-state index in [9.17, 15) is 8.42 Å². The van der Waals surface area contributed by atoms with Crippen molar-refractivity contribution < 1.29 is 13.2 Å². The lowest BCUT2D eigenvalue weighted by Crippen LogP contribution is -2.25. The summed E-state index contributed by atoms with van der Waals surface area (Å²) < 4.78 is 32.2. The molecule has 0 fully saturated rings. The molecule has 0 amide bonds. The van der Waals surface area contributed by atoms with Crippen molar-refractivity contribution in [1.82, 2.24) is 4.72 Å². The zero-order chi connectivity index (χ0) is 14.4. The molecule has 1 heterocycles. The first kappa shape index (κ1) is 15.3. The van der Waals surface area contributed by atoms with Gasteiger partial charge in [-0.05, 0) is 37.0 Å². The molecule has 20 heavy (non-hydrogen) atoms. The summed E-state index contributed by atoms with van der Waals surface area (Å²) in [5, 5.41) is 3.19. The molecule has 0 spiro atoms. The average Bonchev–Trinajstić information content (AvgIpc) is 2.90. The SMILES string of the molecule is CCCOCCCNS(=O)(=O)c1ccc2c(c1)NCC2. The largest absolute Gasteiger partial charge is 0.384 e. The van der Waals surface area contributed by atoms with E-state index in [2.05, 4.69) is 10.0 Å². The zero-order valence-corrected chi connectivity index (χ0v) is 12.6. The highest BCUT2D eigenvalue weighted by atomic mass is 32.2. The summed E-state index contributed by atoms with van der Waals surface area (Å²) in [6.07, 6.45) is 2.62. The van der Waals surface area contributed by atoms with Gasteiger partial charge in [-0.15, -0.1) is 0 Å². The van der Waals surface area contributed by atoms with Crippen LogP contribution < -0.4 is 10.0 Å². The molecular formula is C14H22N2O3S. The maximum Gasteiger partial charge on any atom is 0.240 e. The number of sulfonamides is 1. The van der Waals surface area contributed by atoms with Gasteiger partial charge in [-0.25, -0.2) is 13.1 Å². The minimum atomic E-state index is -3.42. The highest BCUT2D eigenvalue weighted by Gasteiger charge is 2.17. The monoisotopic (exact) mass is 298 g/mol. The molecular weight excluding hydrogens is 276 g/mol. The molecule has 6 heteroatoms. The quantitative estimate of drug-likeness (QED) is 0.718. The molecule has 1 aliphatic heterocycles. The van der Waals surface area contributed by atoms with E-state index in [1.807, 2.05) is 13.0 Å². The second-order valence-electron chi connectivity index (χ2n) is 4.86. The Balaban J connectivity index is 1.87. The third-order valence-electron chi connectivity index (χ3n) is 3.21. The van der Waals surface area contributed by atoms with E-state index < -0.39 is 10.0 Å². The molecule has 0 unspecified atom stereocenters. The van der Waals surface area contributed by atoms with E-state index in [0.717, 1.165) is 31.7 Å². The number of fused-ring (bicyclic) bond motifs is 1. The third kappa shape index (κ3) is 3.94. The van der Waals surface area contributed by atoms with Crippen LogP contribution in [0.5, 0.6) is 0 Å². The van der Waals surface area contributed by atoms with Crippen LogP contribution >= 0.6 is 0 Å². The van der Waals surface area contributed by atoms with Gasteiger partial charge in [0.05, 0.1) is 4.90 Å². The third-order valence-corrected chi connectivity index (χ3v) is 4.67. The van der Waals surface area contributed by atoms with Gasteiger partial charge in [0.15, 0.2) is 0 Å². The predicted octanol–water partition coefficient (Wildman–Crippen LogP) is 1.75. The Morgan fingerprint density at radius 1 is 1.35 bits per heavy atom. The van der Waals surface area contributed by atoms with Gasteiger partial charge in [0.2, 0.25) is 10.0 Å². The van der Waals surface area contributed by atoms with Crippen molar-refractivity contribution in [1.29, 1.82) is 0 Å². The van der Waals surface area contributed by atoms with Crippen LogP contribution in [0.25, 0.3) is 0 Å². The summed E-state index contributed by atoms with van der Waals surface area (Å²) in [6, 6.07) is 5.26. The lowest BCUT2D eigenvalue weighted by molar-refractivity contribution is 0.133. The van der Waals surface area contributed by atoms with Crippen LogP contribution in [-0.4, -0.2) is 34.7 Å². The van der Waals surface area contributed by atoms with Gasteiger partial charge < -0.3 is 10.1 Å². The molecule has 0 bridgehead atoms. The fraction of sp³-hybridized carbons (Fsp3) is 0.571. The molecule has 0 aromatic heterocycles. The first-order valence-corrected chi connectivity index (χ1v) is 8.56. The zero-order valence-electron chi connectivity index (χ0n) is 11.8. The molecule has 1 aromatic carbocycles. The Labute approximate surface area is 120 Å². The van der Waals surface area contributed by atoms with E-state index in [4.69, 9.17) is 4.74 Å². The second kappa shape index (κ2) is 7.06. The number of hydrogen-bond donors (Lipinski definition) is 2. The fourth-order valence-electron chi connectivity index (χ4n) is 2.15. The van der Waals surface area contributed by atoms with Crippen molar-refractivity contribution in [3.05, 3.63) is 23.8 Å². The van der Waals surface area contributed by atoms with Gasteiger partial charge in [0.1, 0.15) is 0 Å². The summed E-state index contributed by atoms with van der Waals surface area (Å²) in [5.74, 6) is 0. The van der Waals surface area contributed by atoms with Crippen LogP contribution in [-0.2, 0) is 21.2 Å². The maximum atomic E-state index is 12.1. The van der Waals surface area contributed by atoms with Gasteiger partial charge in [-0.1, -0.05) is 13.0 Å². The summed E-state index contributed by atoms with van der Waals surface area (Å²) in [4.78, 5) is 0.320. The van der Waals surface area contributed by atoms with E-state index in [0.29, 0.717) is 24.5 Å². The Morgan fingerprint density at radius 3 is 3.00 bits per heavy atom. The Morgan fingerprint density at radius 2 is 2.20 bits per heavy atom. The van der Waals surface area contributed by atoms with Crippen molar-refractivity contribution in [2.24, 2.45) is 0 Å². The van der Waals surface area contributed by atoms with E-state index >= 15 is 0 Å². The normalized spacial score (nSPS) is 14.1. The second-order valence-corrected chi connectivity index (χ2v) is 6.63. The van der Waals surface area contributed by atoms with Crippen LogP contribution in [0.4, 0.5) is 5.69 Å². The number of hydrogen-bond acceptors (Lipinski definition) is 4. The first-order valence-electron chi connectivity index (χ1n) is 7.07. The van der Waals surface area contributed by atoms with Crippen LogP contribution in [0.3, 0.4) is 0 Å². The van der Waals surface area contributed by atoms with Crippen molar-refractivity contribution in [2.75, 3.05) is 31.6 Å². The topological polar surface area (TPSA) is 67.4 Å². The highest BCUT2D eigenvalue weighted by molar-refractivity contribution is 7.89. The fourth-order valence-corrected chi connectivity index (χ4v) is 3.25. The summed E-state index contributed by atoms with van der Waals surface area (Å²) in [6.45, 7) is 4.63. The molecule has 1 aliphatic rings. The summed E-state index contributed by atoms with van der Waals surface area (Å²) in [5.41, 5.74) is 2.11. The van der Waals surface area contributed by atoms with Gasteiger partial charge >= 0.3 is 0 Å². The number of nitrogens with one attached hydrogen (secondary N) is 2. The highest BCUT2D eigenvalue weighted by Crippen LogP contribution is 2.25. The first-order chi connectivity index (χ1) is 9.63. The number of rotatable bonds is 8. The minimum Gasteiger partial charge on any atom is -0.384 e. The average molecular weight is 298 g/mol. The standard InChI is InChI=1S/C14H22N2O3S/c1-2-9-19-10-3-7-16-20(17,18)13-5-4-12-6-8-15-14(12)11-13/h4-5,11,15-16H,2-3,6-10H2,1H3. The van der Waals surface area contributed by atoms with Gasteiger partial charge in [-0.3, -0.25) is 0 Å². The molecule has 0 atom stereocenters. The van der Waals surface area contributed by atoms with Crippen LogP contribution in [0.15, 0.2) is 23.1 Å². The Bertz CT molecular complexity index is 543. The van der Waals surface area contributed by atoms with Crippen molar-refractivity contribution in [2.45, 2.75) is 31.1 Å². The molecule has 1 aromatic rings. The summed E-state index contributed by atoms with van der Waals surface area (Å²) >= 11 is 0. The molecule has 0 saturated heterocycles. The molecule has 0 aliphatic carbocycles. The van der Waals surface area contributed by atoms with E-state index in [1.165, 1.54) is 5.56 Å². The predicted molar refractivity (Wildman–Crippen MR) is 79.6 cm³/mol. The van der Waals surface area contributed by atoms with Gasteiger partial charge in [0, 0.05) is 32.0 Å². The van der Waals surface area contributed by atoms with Crippen molar-refractivity contribution in [3.8, 4) is 0 Å². The molecule has 2 N–H and O–H groups in total. The molecule has 0 radical (unpaired) electrons. The summed E-state index contributed by atoms with van der Waals surface area (Å²) in [7, 11) is -3.42. The van der Waals surface area contributed by atoms with E-state index in [-0.39, 0.29) is 0 Å². The Hall–Kier alpha value is -1.11. The van der Waals surface area contributed by atoms with Crippen molar-refractivity contribution >= 4 is 15.7 Å². The van der Waals surface area contributed by atoms with Crippen LogP contribution in [0, 0.1) is 0 Å². The van der Waals surface area contributed by atoms with Gasteiger partial charge in [0.25, 0.3) is 0 Å². The number of benzene rings is 1. The molecule has 2 rings (SSSR count). The van der Waals surface area contributed by atoms with Crippen molar-refractivity contribution in [3.63, 3.8) is 0 Å². The van der Waals surface area contributed by atoms with Crippen LogP contribution in [0.2, 0.25) is 0 Å². The van der Waals surface area contributed by atoms with E-state index in [1.54, 1.807) is 12.1 Å². The number of ether oxygens (including phenoxy) is 1. The lowest BCUT2D eigenvalue weighted by Gasteiger charge is -2.08. The molecule has 5 nitrogen and oxygen atoms in total. The smallest absolute Gasteiger partial charge is 0.240 e. The maximum absolute atomic E-state index is 12.1. The van der Waals surface area contributed by atoms with Crippen LogP contribution in [0.1, 0.15) is 25.3 Å². The minimum absolute atomic E-state index is 0.320. The lowest BCUT2D eigenvalue weighted by atomic mass is 10.2. The number of anilines is 1.